The number of ether oxygens (including phenoxy) is 1. The van der Waals surface area contributed by atoms with Crippen LogP contribution in [0, 0.1) is 0 Å². The lowest BCUT2D eigenvalue weighted by atomic mass is 10.2. The molecule has 1 heterocycles. The number of fused-ring (bicyclic) bond motifs is 1. The van der Waals surface area contributed by atoms with Gasteiger partial charge in [-0.2, -0.15) is 0 Å². The lowest BCUT2D eigenvalue weighted by Crippen LogP contribution is -2.13. The van der Waals surface area contributed by atoms with E-state index in [1.807, 2.05) is 0 Å². The number of hydrogen-bond donors (Lipinski definition) is 1. The number of nitrogens with one attached hydrogen (secondary N) is 1. The molecular formula is C19H18N2O5S2. The van der Waals surface area contributed by atoms with Crippen molar-refractivity contribution < 1.29 is 22.7 Å². The molecule has 0 radical (unpaired) electrons. The molecule has 1 aromatic heterocycles. The van der Waals surface area contributed by atoms with Gasteiger partial charge in [0.25, 0.3) is 5.91 Å². The number of carbonyl (C=O) groups excluding carboxylic acids is 2. The first-order valence-electron chi connectivity index (χ1n) is 8.56. The second-order valence-corrected chi connectivity index (χ2v) is 9.12. The molecule has 28 heavy (non-hydrogen) atoms. The van der Waals surface area contributed by atoms with Gasteiger partial charge >= 0.3 is 5.97 Å². The van der Waals surface area contributed by atoms with Gasteiger partial charge in [-0.05, 0) is 43.3 Å². The summed E-state index contributed by atoms with van der Waals surface area (Å²) < 4.78 is 29.7. The van der Waals surface area contributed by atoms with Crippen LogP contribution in [0.2, 0.25) is 0 Å². The van der Waals surface area contributed by atoms with E-state index in [0.29, 0.717) is 16.2 Å². The molecule has 9 heteroatoms. The average Bonchev–Trinajstić information content (AvgIpc) is 3.09. The smallest absolute Gasteiger partial charge is 0.338 e. The molecule has 0 fully saturated rings. The molecule has 3 aromatic rings. The highest BCUT2D eigenvalue weighted by atomic mass is 32.2. The van der Waals surface area contributed by atoms with Gasteiger partial charge in [-0.1, -0.05) is 24.3 Å². The number of sulfone groups is 1. The minimum atomic E-state index is -3.40. The Bertz CT molecular complexity index is 1150. The lowest BCUT2D eigenvalue weighted by Gasteiger charge is -2.05. The molecule has 1 N–H and O–H groups in total. The Balaban J connectivity index is 1.83. The van der Waals surface area contributed by atoms with Crippen molar-refractivity contribution in [2.45, 2.75) is 18.7 Å². The normalized spacial score (nSPS) is 11.4. The van der Waals surface area contributed by atoms with Crippen LogP contribution in [-0.4, -0.2) is 37.6 Å². The molecule has 0 aliphatic heterocycles. The van der Waals surface area contributed by atoms with E-state index in [-0.39, 0.29) is 22.8 Å². The van der Waals surface area contributed by atoms with Crippen LogP contribution in [0.1, 0.15) is 34.6 Å². The zero-order valence-electron chi connectivity index (χ0n) is 15.3. The first-order valence-corrected chi connectivity index (χ1v) is 11.0. The number of anilines is 1. The third-order valence-electron chi connectivity index (χ3n) is 3.96. The fourth-order valence-electron chi connectivity index (χ4n) is 2.49. The van der Waals surface area contributed by atoms with Crippen molar-refractivity contribution in [3.8, 4) is 0 Å². The van der Waals surface area contributed by atoms with Crippen LogP contribution in [0.25, 0.3) is 10.2 Å². The molecule has 0 unspecified atom stereocenters. The van der Waals surface area contributed by atoms with Gasteiger partial charge in [0.2, 0.25) is 0 Å². The zero-order valence-corrected chi connectivity index (χ0v) is 16.9. The zero-order chi connectivity index (χ0) is 20.3. The van der Waals surface area contributed by atoms with Gasteiger partial charge in [-0.3, -0.25) is 10.1 Å². The Labute approximate surface area is 166 Å². The summed E-state index contributed by atoms with van der Waals surface area (Å²) in [5, 5.41) is 3.03. The SMILES string of the molecule is CCOC(=O)c1ccc2nc(NC(=O)c3cccc(S(=O)(=O)CC)c3)sc2c1. The highest BCUT2D eigenvalue weighted by Crippen LogP contribution is 2.27. The van der Waals surface area contributed by atoms with E-state index < -0.39 is 21.7 Å². The quantitative estimate of drug-likeness (QED) is 0.615. The number of esters is 1. The predicted octanol–water partition coefficient (Wildman–Crippen LogP) is 3.52. The number of nitrogens with zero attached hydrogens (tertiary/aromatic N) is 1. The summed E-state index contributed by atoms with van der Waals surface area (Å²) in [6, 6.07) is 10.8. The molecular weight excluding hydrogens is 400 g/mol. The number of carbonyl (C=O) groups is 2. The van der Waals surface area contributed by atoms with Crippen molar-refractivity contribution in [1.29, 1.82) is 0 Å². The predicted molar refractivity (Wildman–Crippen MR) is 108 cm³/mol. The fraction of sp³-hybridized carbons (Fsp3) is 0.211. The number of amides is 1. The van der Waals surface area contributed by atoms with Gasteiger partial charge < -0.3 is 4.74 Å². The molecule has 0 saturated carbocycles. The van der Waals surface area contributed by atoms with E-state index in [4.69, 9.17) is 4.74 Å². The van der Waals surface area contributed by atoms with Gasteiger partial charge in [-0.15, -0.1) is 0 Å². The van der Waals surface area contributed by atoms with Crippen LogP contribution in [-0.2, 0) is 14.6 Å². The van der Waals surface area contributed by atoms with Crippen molar-refractivity contribution >= 4 is 48.4 Å². The summed E-state index contributed by atoms with van der Waals surface area (Å²) in [7, 11) is -3.40. The van der Waals surface area contributed by atoms with Gasteiger partial charge in [0, 0.05) is 5.56 Å². The molecule has 0 saturated heterocycles. The van der Waals surface area contributed by atoms with E-state index in [2.05, 4.69) is 10.3 Å². The Kier molecular flexibility index (Phi) is 5.76. The van der Waals surface area contributed by atoms with Gasteiger partial charge in [-0.25, -0.2) is 18.2 Å². The van der Waals surface area contributed by atoms with Crippen molar-refractivity contribution in [2.75, 3.05) is 17.7 Å². The highest BCUT2D eigenvalue weighted by molar-refractivity contribution is 7.91. The number of thiazole rings is 1. The summed E-state index contributed by atoms with van der Waals surface area (Å²) in [6.07, 6.45) is 0. The number of benzene rings is 2. The summed E-state index contributed by atoms with van der Waals surface area (Å²) in [5.41, 5.74) is 1.27. The minimum absolute atomic E-state index is 0.0429. The molecule has 0 spiro atoms. The third-order valence-corrected chi connectivity index (χ3v) is 6.62. The average molecular weight is 418 g/mol. The second kappa shape index (κ2) is 8.07. The van der Waals surface area contributed by atoms with Crippen LogP contribution in [0.5, 0.6) is 0 Å². The Morgan fingerprint density at radius 2 is 1.89 bits per heavy atom. The number of aromatic nitrogens is 1. The topological polar surface area (TPSA) is 102 Å². The van der Waals surface area contributed by atoms with E-state index in [9.17, 15) is 18.0 Å². The molecule has 3 rings (SSSR count). The molecule has 0 aliphatic carbocycles. The molecule has 0 aliphatic rings. The first kappa shape index (κ1) is 20.0. The molecule has 0 atom stereocenters. The van der Waals surface area contributed by atoms with Crippen LogP contribution in [0.4, 0.5) is 5.13 Å². The van der Waals surface area contributed by atoms with Crippen molar-refractivity contribution in [1.82, 2.24) is 4.98 Å². The molecule has 7 nitrogen and oxygen atoms in total. The maximum absolute atomic E-state index is 12.5. The second-order valence-electron chi connectivity index (χ2n) is 5.81. The molecule has 1 amide bonds. The molecule has 0 bridgehead atoms. The summed E-state index contributed by atoms with van der Waals surface area (Å²) in [4.78, 5) is 28.8. The maximum atomic E-state index is 12.5. The van der Waals surface area contributed by atoms with Crippen LogP contribution < -0.4 is 5.32 Å². The minimum Gasteiger partial charge on any atom is -0.462 e. The van der Waals surface area contributed by atoms with Crippen molar-refractivity contribution in [3.63, 3.8) is 0 Å². The van der Waals surface area contributed by atoms with Gasteiger partial charge in [0.15, 0.2) is 15.0 Å². The summed E-state index contributed by atoms with van der Waals surface area (Å²) in [5.74, 6) is -0.922. The standard InChI is InChI=1S/C19H18N2O5S2/c1-3-26-18(23)13-8-9-15-16(11-13)27-19(20-15)21-17(22)12-6-5-7-14(10-12)28(24,25)4-2/h5-11H,3-4H2,1-2H3,(H,20,21,22). The van der Waals surface area contributed by atoms with Crippen molar-refractivity contribution in [3.05, 3.63) is 53.6 Å². The van der Waals surface area contributed by atoms with E-state index in [1.54, 1.807) is 32.0 Å². The van der Waals surface area contributed by atoms with Crippen LogP contribution >= 0.6 is 11.3 Å². The van der Waals surface area contributed by atoms with Crippen LogP contribution in [0.3, 0.4) is 0 Å². The maximum Gasteiger partial charge on any atom is 0.338 e. The number of hydrogen-bond acceptors (Lipinski definition) is 7. The Morgan fingerprint density at radius 3 is 2.61 bits per heavy atom. The largest absolute Gasteiger partial charge is 0.462 e. The van der Waals surface area contributed by atoms with E-state index in [0.717, 1.165) is 4.70 Å². The van der Waals surface area contributed by atoms with Crippen LogP contribution in [0.15, 0.2) is 47.4 Å². The van der Waals surface area contributed by atoms with E-state index in [1.165, 1.54) is 35.6 Å². The first-order chi connectivity index (χ1) is 13.3. The monoisotopic (exact) mass is 418 g/mol. The summed E-state index contributed by atoms with van der Waals surface area (Å²) >= 11 is 1.22. The van der Waals surface area contributed by atoms with E-state index >= 15 is 0 Å². The van der Waals surface area contributed by atoms with Gasteiger partial charge in [0.1, 0.15) is 0 Å². The Morgan fingerprint density at radius 1 is 1.11 bits per heavy atom. The number of rotatable bonds is 6. The summed E-state index contributed by atoms with van der Waals surface area (Å²) in [6.45, 7) is 3.57. The third kappa shape index (κ3) is 4.20. The molecule has 2 aromatic carbocycles. The molecule has 146 valence electrons. The van der Waals surface area contributed by atoms with Gasteiger partial charge in [0.05, 0.1) is 33.0 Å². The Hall–Kier alpha value is -2.78. The fourth-order valence-corrected chi connectivity index (χ4v) is 4.31. The lowest BCUT2D eigenvalue weighted by molar-refractivity contribution is 0.0526. The van der Waals surface area contributed by atoms with Crippen molar-refractivity contribution in [2.24, 2.45) is 0 Å². The highest BCUT2D eigenvalue weighted by Gasteiger charge is 2.16.